The van der Waals surface area contributed by atoms with Gasteiger partial charge in [0.15, 0.2) is 5.76 Å². The maximum Gasteiger partial charge on any atom is 0.308 e. The molecule has 0 unspecified atom stereocenters. The van der Waals surface area contributed by atoms with E-state index in [-0.39, 0.29) is 5.91 Å². The monoisotopic (exact) mass is 307 g/mol. The molecule has 116 valence electrons. The second-order valence-corrected chi connectivity index (χ2v) is 5.55. The molecule has 0 radical (unpaired) electrons. The van der Waals surface area contributed by atoms with Gasteiger partial charge in [-0.2, -0.15) is 0 Å². The van der Waals surface area contributed by atoms with E-state index >= 15 is 0 Å². The molecule has 0 saturated carbocycles. The molecule has 2 aromatic carbocycles. The van der Waals surface area contributed by atoms with Gasteiger partial charge in [0.25, 0.3) is 5.91 Å². The summed E-state index contributed by atoms with van der Waals surface area (Å²) in [6.45, 7) is 3.31. The van der Waals surface area contributed by atoms with E-state index in [2.05, 4.69) is 0 Å². The van der Waals surface area contributed by atoms with Gasteiger partial charge in [-0.3, -0.25) is 9.59 Å². The van der Waals surface area contributed by atoms with Crippen molar-refractivity contribution in [3.05, 3.63) is 65.2 Å². The molecule has 2 aromatic rings. The second kappa shape index (κ2) is 5.72. The van der Waals surface area contributed by atoms with Crippen LogP contribution < -0.4 is 4.90 Å². The predicted molar refractivity (Wildman–Crippen MR) is 89.6 cm³/mol. The lowest BCUT2D eigenvalue weighted by Crippen LogP contribution is -2.21. The van der Waals surface area contributed by atoms with Crippen LogP contribution >= 0.6 is 0 Å². The van der Waals surface area contributed by atoms with Crippen LogP contribution in [0.3, 0.4) is 0 Å². The van der Waals surface area contributed by atoms with Gasteiger partial charge in [0.05, 0.1) is 11.3 Å². The van der Waals surface area contributed by atoms with Crippen LogP contribution in [0, 0.1) is 6.92 Å². The Morgan fingerprint density at radius 3 is 2.43 bits per heavy atom. The molecule has 4 nitrogen and oxygen atoms in total. The van der Waals surface area contributed by atoms with Crippen molar-refractivity contribution < 1.29 is 14.3 Å². The molecule has 23 heavy (non-hydrogen) atoms. The van der Waals surface area contributed by atoms with E-state index in [4.69, 9.17) is 4.74 Å². The summed E-state index contributed by atoms with van der Waals surface area (Å²) in [4.78, 5) is 25.9. The molecule has 0 bridgehead atoms. The van der Waals surface area contributed by atoms with Gasteiger partial charge in [0.1, 0.15) is 0 Å². The minimum Gasteiger partial charge on any atom is -0.425 e. The lowest BCUT2D eigenvalue weighted by atomic mass is 10.0. The topological polar surface area (TPSA) is 46.6 Å². The molecule has 4 heteroatoms. The van der Waals surface area contributed by atoms with Crippen LogP contribution in [0.25, 0.3) is 11.3 Å². The Bertz CT molecular complexity index is 822. The second-order valence-electron chi connectivity index (χ2n) is 5.55. The van der Waals surface area contributed by atoms with Gasteiger partial charge < -0.3 is 9.64 Å². The van der Waals surface area contributed by atoms with Gasteiger partial charge in [0, 0.05) is 25.1 Å². The Hall–Kier alpha value is -2.88. The van der Waals surface area contributed by atoms with E-state index in [9.17, 15) is 9.59 Å². The summed E-state index contributed by atoms with van der Waals surface area (Å²) in [5.41, 5.74) is 3.80. The Morgan fingerprint density at radius 2 is 1.78 bits per heavy atom. The van der Waals surface area contributed by atoms with Gasteiger partial charge in [-0.05, 0) is 18.6 Å². The number of aryl methyl sites for hydroxylation is 1. The highest BCUT2D eigenvalue weighted by molar-refractivity contribution is 6.37. The van der Waals surface area contributed by atoms with E-state index in [0.29, 0.717) is 16.9 Å². The zero-order valence-corrected chi connectivity index (χ0v) is 13.3. The number of carbonyl (C=O) groups is 2. The van der Waals surface area contributed by atoms with Gasteiger partial charge in [0.2, 0.25) is 0 Å². The van der Waals surface area contributed by atoms with Crippen LogP contribution in [0.5, 0.6) is 0 Å². The van der Waals surface area contributed by atoms with Crippen molar-refractivity contribution in [2.24, 2.45) is 0 Å². The van der Waals surface area contributed by atoms with Gasteiger partial charge in [-0.1, -0.05) is 42.5 Å². The lowest BCUT2D eigenvalue weighted by molar-refractivity contribution is -0.134. The van der Waals surface area contributed by atoms with Gasteiger partial charge >= 0.3 is 5.97 Å². The fraction of sp³-hybridized carbons (Fsp3) is 0.158. The lowest BCUT2D eigenvalue weighted by Gasteiger charge is -2.11. The molecule has 3 rings (SSSR count). The molecule has 0 aliphatic carbocycles. The predicted octanol–water partition coefficient (Wildman–Crippen LogP) is 3.40. The van der Waals surface area contributed by atoms with E-state index in [1.807, 2.05) is 55.5 Å². The Kier molecular flexibility index (Phi) is 3.74. The molecule has 0 aromatic heterocycles. The first kappa shape index (κ1) is 15.0. The number of anilines is 1. The van der Waals surface area contributed by atoms with Crippen LogP contribution in [0.15, 0.2) is 48.5 Å². The zero-order chi connectivity index (χ0) is 16.6. The number of likely N-dealkylation sites (N-methyl/N-ethyl adjacent to an activating group) is 1. The van der Waals surface area contributed by atoms with Crippen molar-refractivity contribution in [3.8, 4) is 0 Å². The molecular formula is C19H17NO3. The van der Waals surface area contributed by atoms with Crippen LogP contribution in [0.4, 0.5) is 5.69 Å². The van der Waals surface area contributed by atoms with Gasteiger partial charge in [-0.15, -0.1) is 0 Å². The Morgan fingerprint density at radius 1 is 1.09 bits per heavy atom. The van der Waals surface area contributed by atoms with Crippen molar-refractivity contribution in [1.29, 1.82) is 0 Å². The third-order valence-corrected chi connectivity index (χ3v) is 3.81. The summed E-state index contributed by atoms with van der Waals surface area (Å²) < 4.78 is 5.42. The van der Waals surface area contributed by atoms with Crippen molar-refractivity contribution in [1.82, 2.24) is 0 Å². The molecule has 0 atom stereocenters. The largest absolute Gasteiger partial charge is 0.425 e. The summed E-state index contributed by atoms with van der Waals surface area (Å²) in [7, 11) is 1.73. The number of amides is 1. The first-order chi connectivity index (χ1) is 11.0. The number of fused-ring (bicyclic) bond motifs is 1. The number of carbonyl (C=O) groups excluding carboxylic acids is 2. The highest BCUT2D eigenvalue weighted by Gasteiger charge is 2.34. The summed E-state index contributed by atoms with van der Waals surface area (Å²) in [5, 5.41) is 0. The molecule has 0 spiro atoms. The molecule has 0 N–H and O–H groups in total. The molecular weight excluding hydrogens is 290 g/mol. The average Bonchev–Trinajstić information content (AvgIpc) is 2.77. The molecule has 1 amide bonds. The maximum atomic E-state index is 12.7. The Balaban J connectivity index is 2.28. The van der Waals surface area contributed by atoms with Crippen molar-refractivity contribution in [2.75, 3.05) is 11.9 Å². The van der Waals surface area contributed by atoms with Crippen molar-refractivity contribution >= 4 is 28.9 Å². The highest BCUT2D eigenvalue weighted by Crippen LogP contribution is 2.40. The minimum absolute atomic E-state index is 0.175. The molecule has 0 saturated heterocycles. The van der Waals surface area contributed by atoms with Crippen molar-refractivity contribution in [3.63, 3.8) is 0 Å². The fourth-order valence-corrected chi connectivity index (χ4v) is 2.73. The molecule has 1 heterocycles. The summed E-state index contributed by atoms with van der Waals surface area (Å²) in [5.74, 6) is -0.323. The first-order valence-electron chi connectivity index (χ1n) is 7.36. The molecule has 1 aliphatic rings. The average molecular weight is 307 g/mol. The maximum absolute atomic E-state index is 12.7. The molecule has 0 fully saturated rings. The number of benzene rings is 2. The van der Waals surface area contributed by atoms with E-state index in [0.717, 1.165) is 16.8 Å². The van der Waals surface area contributed by atoms with Crippen LogP contribution in [0.2, 0.25) is 0 Å². The van der Waals surface area contributed by atoms with Crippen LogP contribution in [-0.4, -0.2) is 18.9 Å². The number of rotatable bonds is 2. The number of esters is 1. The summed E-state index contributed by atoms with van der Waals surface area (Å²) >= 11 is 0. The normalized spacial score (nSPS) is 15.4. The standard InChI is InChI=1S/C19H17NO3/c1-12-9-10-15-16(11-12)20(3)19(22)17(15)18(23-13(2)21)14-7-5-4-6-8-14/h4-11H,1-3H3/b18-17+. The smallest absolute Gasteiger partial charge is 0.308 e. The number of hydrogen-bond acceptors (Lipinski definition) is 3. The van der Waals surface area contributed by atoms with E-state index in [1.54, 1.807) is 11.9 Å². The minimum atomic E-state index is -0.452. The zero-order valence-electron chi connectivity index (χ0n) is 13.3. The van der Waals surface area contributed by atoms with Crippen LogP contribution in [-0.2, 0) is 14.3 Å². The van der Waals surface area contributed by atoms with Crippen LogP contribution in [0.1, 0.15) is 23.6 Å². The third kappa shape index (κ3) is 2.63. The fourth-order valence-electron chi connectivity index (χ4n) is 2.73. The number of ether oxygens (including phenoxy) is 1. The first-order valence-corrected chi connectivity index (χ1v) is 7.36. The van der Waals surface area contributed by atoms with E-state index < -0.39 is 5.97 Å². The number of hydrogen-bond donors (Lipinski definition) is 0. The number of nitrogens with zero attached hydrogens (tertiary/aromatic N) is 1. The van der Waals surface area contributed by atoms with E-state index in [1.165, 1.54) is 6.92 Å². The molecule has 1 aliphatic heterocycles. The quantitative estimate of drug-likeness (QED) is 0.485. The van der Waals surface area contributed by atoms with Gasteiger partial charge in [-0.25, -0.2) is 0 Å². The summed E-state index contributed by atoms with van der Waals surface area (Å²) in [6.07, 6.45) is 0. The SMILES string of the molecule is CC(=O)O/C(=C1/C(=O)N(C)c2cc(C)ccc21)c1ccccc1. The Labute approximate surface area is 135 Å². The highest BCUT2D eigenvalue weighted by atomic mass is 16.5. The van der Waals surface area contributed by atoms with Crippen molar-refractivity contribution in [2.45, 2.75) is 13.8 Å². The third-order valence-electron chi connectivity index (χ3n) is 3.81. The summed E-state index contributed by atoms with van der Waals surface area (Å²) in [6, 6.07) is 15.0.